The Bertz CT molecular complexity index is 896. The molecule has 1 aliphatic carbocycles. The van der Waals surface area contributed by atoms with Crippen LogP contribution in [-0.4, -0.2) is 54.6 Å². The van der Waals surface area contributed by atoms with Crippen LogP contribution < -0.4 is 10.6 Å². The van der Waals surface area contributed by atoms with Gasteiger partial charge in [-0.1, -0.05) is 19.8 Å². The van der Waals surface area contributed by atoms with Crippen molar-refractivity contribution in [3.8, 4) is 5.82 Å². The lowest BCUT2D eigenvalue weighted by molar-refractivity contribution is -0.136. The monoisotopic (exact) mass is 383 g/mol. The van der Waals surface area contributed by atoms with Crippen molar-refractivity contribution in [3.63, 3.8) is 0 Å². The standard InChI is InChI=1S/C18H21N7O3/c1-12-4-2-3-7-18(12)16(27)24(17(28)23-18)9-15(26)22-13-5-6-14(20-8-13)25-11-19-10-21-25/h5-6,8,10-12H,2-4,7,9H2,1H3,(H,22,26)(H,23,28)/t12-,18+/m0/s1. The van der Waals surface area contributed by atoms with Crippen molar-refractivity contribution in [2.24, 2.45) is 5.92 Å². The maximum absolute atomic E-state index is 12.9. The molecule has 3 heterocycles. The van der Waals surface area contributed by atoms with E-state index in [0.717, 1.165) is 24.2 Å². The lowest BCUT2D eigenvalue weighted by atomic mass is 9.73. The van der Waals surface area contributed by atoms with E-state index in [4.69, 9.17) is 0 Å². The minimum absolute atomic E-state index is 0.0549. The number of carbonyl (C=O) groups excluding carboxylic acids is 3. The first-order valence-corrected chi connectivity index (χ1v) is 9.24. The van der Waals surface area contributed by atoms with Gasteiger partial charge in [0.2, 0.25) is 5.91 Å². The molecule has 2 fully saturated rings. The van der Waals surface area contributed by atoms with Crippen molar-refractivity contribution >= 4 is 23.5 Å². The molecule has 1 saturated carbocycles. The topological polar surface area (TPSA) is 122 Å². The molecule has 10 nitrogen and oxygen atoms in total. The number of anilines is 1. The highest BCUT2D eigenvalue weighted by Gasteiger charge is 2.55. The van der Waals surface area contributed by atoms with Gasteiger partial charge in [0.25, 0.3) is 5.91 Å². The lowest BCUT2D eigenvalue weighted by Crippen LogP contribution is -2.54. The van der Waals surface area contributed by atoms with Crippen LogP contribution in [0.4, 0.5) is 10.5 Å². The first kappa shape index (κ1) is 18.1. The normalized spacial score (nSPS) is 24.5. The molecule has 0 unspecified atom stereocenters. The van der Waals surface area contributed by atoms with Gasteiger partial charge >= 0.3 is 6.03 Å². The molecule has 0 aromatic carbocycles. The average Bonchev–Trinajstić information content (AvgIpc) is 3.29. The minimum atomic E-state index is -0.864. The molecule has 2 aromatic rings. The summed E-state index contributed by atoms with van der Waals surface area (Å²) in [6.45, 7) is 1.65. The fourth-order valence-corrected chi connectivity index (χ4v) is 3.91. The molecule has 4 rings (SSSR count). The van der Waals surface area contributed by atoms with Crippen LogP contribution in [0.3, 0.4) is 0 Å². The van der Waals surface area contributed by atoms with E-state index < -0.39 is 17.5 Å². The molecule has 2 atom stereocenters. The number of amides is 4. The van der Waals surface area contributed by atoms with Gasteiger partial charge in [-0.3, -0.25) is 14.5 Å². The van der Waals surface area contributed by atoms with Crippen molar-refractivity contribution < 1.29 is 14.4 Å². The second-order valence-corrected chi connectivity index (χ2v) is 7.23. The van der Waals surface area contributed by atoms with Gasteiger partial charge in [-0.05, 0) is 30.9 Å². The van der Waals surface area contributed by atoms with Gasteiger partial charge in [0.05, 0.1) is 11.9 Å². The molecule has 4 amide bonds. The average molecular weight is 383 g/mol. The summed E-state index contributed by atoms with van der Waals surface area (Å²) in [4.78, 5) is 46.7. The number of urea groups is 1. The van der Waals surface area contributed by atoms with Crippen LogP contribution in [0.5, 0.6) is 0 Å². The fourth-order valence-electron chi connectivity index (χ4n) is 3.91. The summed E-state index contributed by atoms with van der Waals surface area (Å²) >= 11 is 0. The Morgan fingerprint density at radius 3 is 2.89 bits per heavy atom. The van der Waals surface area contributed by atoms with Crippen molar-refractivity contribution in [2.75, 3.05) is 11.9 Å². The van der Waals surface area contributed by atoms with Crippen molar-refractivity contribution in [1.29, 1.82) is 0 Å². The molecule has 28 heavy (non-hydrogen) atoms. The van der Waals surface area contributed by atoms with E-state index >= 15 is 0 Å². The Morgan fingerprint density at radius 1 is 1.36 bits per heavy atom. The summed E-state index contributed by atoms with van der Waals surface area (Å²) in [6.07, 6.45) is 7.83. The van der Waals surface area contributed by atoms with E-state index in [1.807, 2.05) is 6.92 Å². The smallest absolute Gasteiger partial charge is 0.323 e. The molecule has 0 radical (unpaired) electrons. The number of nitrogens with one attached hydrogen (secondary N) is 2. The maximum Gasteiger partial charge on any atom is 0.325 e. The zero-order chi connectivity index (χ0) is 19.7. The molecule has 1 saturated heterocycles. The van der Waals surface area contributed by atoms with Gasteiger partial charge in [0.15, 0.2) is 5.82 Å². The number of pyridine rings is 1. The van der Waals surface area contributed by atoms with Crippen LogP contribution >= 0.6 is 0 Å². The van der Waals surface area contributed by atoms with Crippen molar-refractivity contribution in [2.45, 2.75) is 38.1 Å². The Morgan fingerprint density at radius 2 is 2.21 bits per heavy atom. The number of hydrogen-bond donors (Lipinski definition) is 2. The second-order valence-electron chi connectivity index (χ2n) is 7.23. The highest BCUT2D eigenvalue weighted by molar-refractivity contribution is 6.10. The van der Waals surface area contributed by atoms with E-state index in [-0.39, 0.29) is 18.4 Å². The zero-order valence-electron chi connectivity index (χ0n) is 15.5. The number of rotatable bonds is 4. The summed E-state index contributed by atoms with van der Waals surface area (Å²) in [6, 6.07) is 2.84. The SMILES string of the molecule is C[C@H]1CCCC[C@@]12NC(=O)N(CC(=O)Nc1ccc(-n3cncn3)nc1)C2=O. The molecule has 146 valence electrons. The van der Waals surface area contributed by atoms with Crippen LogP contribution in [-0.2, 0) is 9.59 Å². The summed E-state index contributed by atoms with van der Waals surface area (Å²) < 4.78 is 1.49. The molecular weight excluding hydrogens is 362 g/mol. The molecule has 1 aliphatic heterocycles. The number of aromatic nitrogens is 4. The van der Waals surface area contributed by atoms with Gasteiger partial charge in [-0.2, -0.15) is 5.10 Å². The fraction of sp³-hybridized carbons (Fsp3) is 0.444. The molecule has 2 N–H and O–H groups in total. The van der Waals surface area contributed by atoms with Gasteiger partial charge in [-0.15, -0.1) is 0 Å². The van der Waals surface area contributed by atoms with Crippen LogP contribution in [0.25, 0.3) is 5.82 Å². The molecular formula is C18H21N7O3. The van der Waals surface area contributed by atoms with E-state index in [1.54, 1.807) is 12.1 Å². The maximum atomic E-state index is 12.9. The Balaban J connectivity index is 1.41. The summed E-state index contributed by atoms with van der Waals surface area (Å²) in [5, 5.41) is 9.48. The quantitative estimate of drug-likeness (QED) is 0.763. The van der Waals surface area contributed by atoms with E-state index in [9.17, 15) is 14.4 Å². The lowest BCUT2D eigenvalue weighted by Gasteiger charge is -2.36. The summed E-state index contributed by atoms with van der Waals surface area (Å²) in [7, 11) is 0. The predicted octanol–water partition coefficient (Wildman–Crippen LogP) is 1.10. The van der Waals surface area contributed by atoms with Crippen molar-refractivity contribution in [1.82, 2.24) is 30.0 Å². The molecule has 2 aliphatic rings. The Hall–Kier alpha value is -3.30. The van der Waals surface area contributed by atoms with Crippen LogP contribution in [0, 0.1) is 5.92 Å². The van der Waals surface area contributed by atoms with Gasteiger partial charge in [-0.25, -0.2) is 19.4 Å². The van der Waals surface area contributed by atoms with Crippen LogP contribution in [0.15, 0.2) is 31.0 Å². The number of hydrogen-bond acceptors (Lipinski definition) is 6. The van der Waals surface area contributed by atoms with Gasteiger partial charge in [0.1, 0.15) is 24.7 Å². The molecule has 0 bridgehead atoms. The summed E-state index contributed by atoms with van der Waals surface area (Å²) in [5.41, 5.74) is -0.405. The zero-order valence-corrected chi connectivity index (χ0v) is 15.5. The highest BCUT2D eigenvalue weighted by atomic mass is 16.2. The van der Waals surface area contributed by atoms with Crippen LogP contribution in [0.2, 0.25) is 0 Å². The largest absolute Gasteiger partial charge is 0.325 e. The third-order valence-electron chi connectivity index (χ3n) is 5.49. The summed E-state index contributed by atoms with van der Waals surface area (Å²) in [5.74, 6) is -0.157. The highest BCUT2D eigenvalue weighted by Crippen LogP contribution is 2.38. The number of carbonyl (C=O) groups is 3. The van der Waals surface area contributed by atoms with E-state index in [2.05, 4.69) is 25.7 Å². The second kappa shape index (κ2) is 7.02. The van der Waals surface area contributed by atoms with E-state index in [0.29, 0.717) is 17.9 Å². The van der Waals surface area contributed by atoms with Gasteiger partial charge < -0.3 is 10.6 Å². The third-order valence-corrected chi connectivity index (χ3v) is 5.49. The van der Waals surface area contributed by atoms with E-state index in [1.165, 1.54) is 23.5 Å². The minimum Gasteiger partial charge on any atom is -0.323 e. The van der Waals surface area contributed by atoms with Crippen molar-refractivity contribution in [3.05, 3.63) is 31.0 Å². The van der Waals surface area contributed by atoms with Gasteiger partial charge in [0, 0.05) is 0 Å². The predicted molar refractivity (Wildman–Crippen MR) is 98.4 cm³/mol. The molecule has 1 spiro atoms. The number of imide groups is 1. The molecule has 2 aromatic heterocycles. The first-order valence-electron chi connectivity index (χ1n) is 9.24. The third kappa shape index (κ3) is 3.10. The first-order chi connectivity index (χ1) is 13.5. The molecule has 10 heteroatoms. The van der Waals surface area contributed by atoms with Crippen LogP contribution in [0.1, 0.15) is 32.6 Å². The number of nitrogens with zero attached hydrogens (tertiary/aromatic N) is 5. The Kier molecular flexibility index (Phi) is 4.54. The Labute approximate surface area is 161 Å².